The third-order valence-electron chi connectivity index (χ3n) is 6.01. The lowest BCUT2D eigenvalue weighted by molar-refractivity contribution is -0.115. The molecule has 1 aliphatic rings. The van der Waals surface area contributed by atoms with Crippen LogP contribution in [-0.2, 0) is 24.2 Å². The van der Waals surface area contributed by atoms with Crippen LogP contribution in [0.3, 0.4) is 0 Å². The molecule has 3 aromatic carbocycles. The predicted molar refractivity (Wildman–Crippen MR) is 135 cm³/mol. The lowest BCUT2D eigenvalue weighted by Gasteiger charge is -2.20. The molecule has 1 N–H and O–H groups in total. The largest absolute Gasteiger partial charge is 0.439 e. The number of aromatic nitrogens is 1. The highest BCUT2D eigenvalue weighted by molar-refractivity contribution is 5.92. The number of carbonyl (C=O) groups is 1. The fourth-order valence-corrected chi connectivity index (χ4v) is 4.21. The molecule has 178 valence electrons. The van der Waals surface area contributed by atoms with E-state index >= 15 is 0 Å². The number of hydrogen-bond acceptors (Lipinski definition) is 5. The number of fused-ring (bicyclic) bond motifs is 1. The number of nitrogens with zero attached hydrogens (tertiary/aromatic N) is 3. The van der Waals surface area contributed by atoms with Crippen LogP contribution in [0.4, 0.5) is 15.8 Å². The highest BCUT2D eigenvalue weighted by Gasteiger charge is 2.20. The molecule has 7 heteroatoms. The van der Waals surface area contributed by atoms with Gasteiger partial charge in [0.25, 0.3) is 0 Å². The van der Waals surface area contributed by atoms with Crippen molar-refractivity contribution < 1.29 is 13.9 Å². The molecular weight excluding hydrogens is 455 g/mol. The number of ether oxygens (including phenoxy) is 1. The zero-order chi connectivity index (χ0) is 24.9. The van der Waals surface area contributed by atoms with Crippen molar-refractivity contribution in [2.24, 2.45) is 0 Å². The van der Waals surface area contributed by atoms with Crippen LogP contribution in [0.1, 0.15) is 22.3 Å². The van der Waals surface area contributed by atoms with Crippen molar-refractivity contribution in [3.05, 3.63) is 113 Å². The summed E-state index contributed by atoms with van der Waals surface area (Å²) in [4.78, 5) is 19.1. The summed E-state index contributed by atoms with van der Waals surface area (Å²) in [5.74, 6) is 0.672. The van der Waals surface area contributed by atoms with E-state index in [2.05, 4.69) is 21.3 Å². The summed E-state index contributed by atoms with van der Waals surface area (Å²) in [5, 5.41) is 11.8. The van der Waals surface area contributed by atoms with Gasteiger partial charge in [0.2, 0.25) is 11.8 Å². The fraction of sp³-hybridized carbons (Fsp3) is 0.138. The number of nitriles is 1. The maximum atomic E-state index is 13.1. The molecule has 1 amide bonds. The van der Waals surface area contributed by atoms with E-state index in [9.17, 15) is 9.18 Å². The van der Waals surface area contributed by atoms with Gasteiger partial charge in [-0.3, -0.25) is 4.79 Å². The number of benzene rings is 3. The van der Waals surface area contributed by atoms with Crippen LogP contribution < -0.4 is 15.0 Å². The van der Waals surface area contributed by atoms with Crippen LogP contribution in [-0.4, -0.2) is 17.4 Å². The molecule has 0 spiro atoms. The van der Waals surface area contributed by atoms with Crippen molar-refractivity contribution in [1.29, 1.82) is 5.26 Å². The lowest BCUT2D eigenvalue weighted by atomic mass is 10.1. The Hall–Kier alpha value is -4.70. The van der Waals surface area contributed by atoms with Crippen LogP contribution in [0.5, 0.6) is 11.6 Å². The van der Waals surface area contributed by atoms with Crippen molar-refractivity contribution in [2.45, 2.75) is 19.4 Å². The van der Waals surface area contributed by atoms with Gasteiger partial charge >= 0.3 is 0 Å². The van der Waals surface area contributed by atoms with E-state index in [-0.39, 0.29) is 18.1 Å². The van der Waals surface area contributed by atoms with Gasteiger partial charge in [0.05, 0.1) is 18.1 Å². The van der Waals surface area contributed by atoms with Gasteiger partial charge in [-0.05, 0) is 77.7 Å². The summed E-state index contributed by atoms with van der Waals surface area (Å²) in [6.45, 7) is 1.60. The zero-order valence-electron chi connectivity index (χ0n) is 19.4. The van der Waals surface area contributed by atoms with E-state index in [1.165, 1.54) is 17.7 Å². The molecule has 4 aromatic rings. The highest BCUT2D eigenvalue weighted by Crippen LogP contribution is 2.32. The van der Waals surface area contributed by atoms with E-state index < -0.39 is 0 Å². The van der Waals surface area contributed by atoms with Gasteiger partial charge < -0.3 is 15.0 Å². The second-order valence-corrected chi connectivity index (χ2v) is 8.61. The average Bonchev–Trinajstić information content (AvgIpc) is 3.29. The number of carbonyl (C=O) groups excluding carboxylic acids is 1. The molecule has 0 radical (unpaired) electrons. The molecule has 0 atom stereocenters. The molecule has 0 unspecified atom stereocenters. The fourth-order valence-electron chi connectivity index (χ4n) is 4.21. The third kappa shape index (κ3) is 5.50. The lowest BCUT2D eigenvalue weighted by Crippen LogP contribution is -2.19. The van der Waals surface area contributed by atoms with Crippen LogP contribution in [0.25, 0.3) is 0 Å². The summed E-state index contributed by atoms with van der Waals surface area (Å²) in [5.41, 5.74) is 5.49. The first-order chi connectivity index (χ1) is 17.6. The topological polar surface area (TPSA) is 78.2 Å². The van der Waals surface area contributed by atoms with Crippen molar-refractivity contribution >= 4 is 17.3 Å². The van der Waals surface area contributed by atoms with Crippen LogP contribution in [0, 0.1) is 17.1 Å². The monoisotopic (exact) mass is 478 g/mol. The molecule has 1 aromatic heterocycles. The minimum atomic E-state index is -0.314. The predicted octanol–water partition coefficient (Wildman–Crippen LogP) is 5.63. The molecule has 36 heavy (non-hydrogen) atoms. The SMILES string of the molecule is N#Cc1ccc(Oc2ccc(CN3CCc4cc(NC(=O)Cc5ccc(F)cc5)ccc43)cn2)cc1. The second-order valence-electron chi connectivity index (χ2n) is 8.61. The van der Waals surface area contributed by atoms with Crippen LogP contribution in [0.15, 0.2) is 85.1 Å². The number of anilines is 2. The van der Waals surface area contributed by atoms with Crippen molar-refractivity contribution in [3.63, 3.8) is 0 Å². The molecule has 0 bridgehead atoms. The standard InChI is InChI=1S/C29H23FN4O2/c30-24-6-1-20(2-7-24)15-28(35)33-25-8-11-27-23(16-25)13-14-34(27)19-22-5-12-29(32-18-22)36-26-9-3-21(17-31)4-10-26/h1-12,16,18H,13-15,19H2,(H,33,35). The number of rotatable bonds is 7. The first-order valence-corrected chi connectivity index (χ1v) is 11.6. The number of pyridine rings is 1. The van der Waals surface area contributed by atoms with Gasteiger partial charge in [-0.1, -0.05) is 18.2 Å². The maximum absolute atomic E-state index is 13.1. The molecule has 0 aliphatic carbocycles. The van der Waals surface area contributed by atoms with E-state index in [0.29, 0.717) is 23.7 Å². The quantitative estimate of drug-likeness (QED) is 0.373. The Morgan fingerprint density at radius 1 is 1.03 bits per heavy atom. The molecule has 0 fully saturated rings. The van der Waals surface area contributed by atoms with Crippen LogP contribution in [0.2, 0.25) is 0 Å². The van der Waals surface area contributed by atoms with Gasteiger partial charge in [0.15, 0.2) is 0 Å². The highest BCUT2D eigenvalue weighted by atomic mass is 19.1. The Kier molecular flexibility index (Phi) is 6.59. The van der Waals surface area contributed by atoms with E-state index in [1.54, 1.807) is 42.6 Å². The third-order valence-corrected chi connectivity index (χ3v) is 6.01. The molecule has 0 saturated carbocycles. The Morgan fingerprint density at radius 3 is 2.53 bits per heavy atom. The molecule has 1 aliphatic heterocycles. The number of nitrogens with one attached hydrogen (secondary N) is 1. The van der Waals surface area contributed by atoms with Gasteiger partial charge in [0, 0.05) is 36.7 Å². The second kappa shape index (κ2) is 10.3. The summed E-state index contributed by atoms with van der Waals surface area (Å²) < 4.78 is 18.8. The summed E-state index contributed by atoms with van der Waals surface area (Å²) in [7, 11) is 0. The normalized spacial score (nSPS) is 12.1. The van der Waals surface area contributed by atoms with Crippen LogP contribution >= 0.6 is 0 Å². The summed E-state index contributed by atoms with van der Waals surface area (Å²) in [6.07, 6.45) is 2.90. The van der Waals surface area contributed by atoms with E-state index in [4.69, 9.17) is 10.00 Å². The first kappa shape index (κ1) is 23.1. The Morgan fingerprint density at radius 2 is 1.81 bits per heavy atom. The van der Waals surface area contributed by atoms with Gasteiger partial charge in [-0.15, -0.1) is 0 Å². The summed E-state index contributed by atoms with van der Waals surface area (Å²) in [6, 6.07) is 24.7. The molecule has 0 saturated heterocycles. The average molecular weight is 479 g/mol. The van der Waals surface area contributed by atoms with Gasteiger partial charge in [-0.25, -0.2) is 9.37 Å². The molecule has 5 rings (SSSR count). The maximum Gasteiger partial charge on any atom is 0.228 e. The van der Waals surface area contributed by atoms with Gasteiger partial charge in [0.1, 0.15) is 11.6 Å². The summed E-state index contributed by atoms with van der Waals surface area (Å²) >= 11 is 0. The number of amides is 1. The van der Waals surface area contributed by atoms with Crippen molar-refractivity contribution in [1.82, 2.24) is 4.98 Å². The number of halogens is 1. The number of hydrogen-bond donors (Lipinski definition) is 1. The van der Waals surface area contributed by atoms with E-state index in [1.807, 2.05) is 30.3 Å². The Balaban J connectivity index is 1.18. The minimum absolute atomic E-state index is 0.134. The first-order valence-electron chi connectivity index (χ1n) is 11.6. The molecule has 2 heterocycles. The van der Waals surface area contributed by atoms with Crippen molar-refractivity contribution in [2.75, 3.05) is 16.8 Å². The zero-order valence-corrected chi connectivity index (χ0v) is 19.4. The Bertz CT molecular complexity index is 1410. The van der Waals surface area contributed by atoms with Gasteiger partial charge in [-0.2, -0.15) is 5.26 Å². The minimum Gasteiger partial charge on any atom is -0.439 e. The van der Waals surface area contributed by atoms with E-state index in [0.717, 1.165) is 35.5 Å². The Labute approximate surface area is 208 Å². The molecule has 6 nitrogen and oxygen atoms in total. The molecular formula is C29H23FN4O2. The van der Waals surface area contributed by atoms with Crippen molar-refractivity contribution in [3.8, 4) is 17.7 Å². The smallest absolute Gasteiger partial charge is 0.228 e.